The van der Waals surface area contributed by atoms with Crippen molar-refractivity contribution in [2.24, 2.45) is 0 Å². The SMILES string of the molecule is O=S(=O)(Nc1ncccn1)c1ccc2c(c1)CCC2c1ccc(C(F)(F)F)cc1OC1COC1. The van der Waals surface area contributed by atoms with Crippen molar-refractivity contribution in [3.63, 3.8) is 0 Å². The fraction of sp³-hybridized carbons (Fsp3) is 0.304. The lowest BCUT2D eigenvalue weighted by atomic mass is 9.91. The van der Waals surface area contributed by atoms with Gasteiger partial charge in [0.2, 0.25) is 5.95 Å². The van der Waals surface area contributed by atoms with Crippen molar-refractivity contribution in [2.45, 2.75) is 35.9 Å². The van der Waals surface area contributed by atoms with Gasteiger partial charge in [-0.3, -0.25) is 0 Å². The Balaban J connectivity index is 1.46. The first-order chi connectivity index (χ1) is 16.2. The molecule has 1 aliphatic heterocycles. The summed E-state index contributed by atoms with van der Waals surface area (Å²) in [5.41, 5.74) is 1.55. The standard InChI is InChI=1S/C23H20F3N3O4S/c24-23(25,26)15-3-6-20(21(11-15)33-16-12-32-13-16)19-5-2-14-10-17(4-7-18(14)19)34(30,31)29-22-27-8-1-9-28-22/h1,3-4,6-11,16,19H,2,5,12-13H2,(H,27,28,29). The van der Waals surface area contributed by atoms with E-state index < -0.39 is 21.8 Å². The quantitative estimate of drug-likeness (QED) is 0.557. The second-order valence-corrected chi connectivity index (χ2v) is 9.84. The molecule has 0 spiro atoms. The Kier molecular flexibility index (Phi) is 5.68. The minimum atomic E-state index is -4.49. The van der Waals surface area contributed by atoms with Crippen LogP contribution >= 0.6 is 0 Å². The van der Waals surface area contributed by atoms with Crippen molar-refractivity contribution >= 4 is 16.0 Å². The average Bonchev–Trinajstić information content (AvgIpc) is 3.19. The molecular formula is C23H20F3N3O4S. The van der Waals surface area contributed by atoms with Crippen molar-refractivity contribution in [3.8, 4) is 5.75 Å². The second-order valence-electron chi connectivity index (χ2n) is 8.16. The molecule has 2 aromatic carbocycles. The number of anilines is 1. The number of halogens is 3. The van der Waals surface area contributed by atoms with Gasteiger partial charge in [0.05, 0.1) is 23.7 Å². The summed E-state index contributed by atoms with van der Waals surface area (Å²) < 4.78 is 78.8. The third-order valence-electron chi connectivity index (χ3n) is 5.91. The number of aromatic nitrogens is 2. The Morgan fingerprint density at radius 1 is 1.03 bits per heavy atom. The summed E-state index contributed by atoms with van der Waals surface area (Å²) in [5, 5.41) is 0. The zero-order valence-corrected chi connectivity index (χ0v) is 18.6. The highest BCUT2D eigenvalue weighted by Gasteiger charge is 2.35. The first-order valence-corrected chi connectivity index (χ1v) is 12.1. The van der Waals surface area contributed by atoms with Gasteiger partial charge in [-0.1, -0.05) is 12.1 Å². The zero-order valence-electron chi connectivity index (χ0n) is 17.7. The van der Waals surface area contributed by atoms with Gasteiger partial charge in [-0.25, -0.2) is 23.1 Å². The molecule has 178 valence electrons. The Bertz CT molecular complexity index is 1310. The maximum absolute atomic E-state index is 13.3. The predicted molar refractivity (Wildman–Crippen MR) is 116 cm³/mol. The minimum absolute atomic E-state index is 0.0348. The van der Waals surface area contributed by atoms with Gasteiger partial charge < -0.3 is 9.47 Å². The molecule has 3 aromatic rings. The topological polar surface area (TPSA) is 90.4 Å². The first-order valence-electron chi connectivity index (χ1n) is 10.6. The van der Waals surface area contributed by atoms with E-state index in [0.717, 1.165) is 23.3 Å². The molecule has 0 saturated carbocycles. The highest BCUT2D eigenvalue weighted by atomic mass is 32.2. The van der Waals surface area contributed by atoms with Gasteiger partial charge >= 0.3 is 6.18 Å². The third-order valence-corrected chi connectivity index (χ3v) is 7.24. The molecule has 2 aliphatic rings. The summed E-state index contributed by atoms with van der Waals surface area (Å²) in [5.74, 6) is -0.0663. The monoisotopic (exact) mass is 491 g/mol. The maximum Gasteiger partial charge on any atom is 0.416 e. The number of nitrogens with one attached hydrogen (secondary N) is 1. The Labute approximate surface area is 194 Å². The van der Waals surface area contributed by atoms with Crippen molar-refractivity contribution in [3.05, 3.63) is 77.1 Å². The summed E-state index contributed by atoms with van der Waals surface area (Å²) in [6.45, 7) is 0.659. The van der Waals surface area contributed by atoms with Crippen molar-refractivity contribution in [2.75, 3.05) is 17.9 Å². The molecule has 1 aliphatic carbocycles. The predicted octanol–water partition coefficient (Wildman–Crippen LogP) is 4.15. The van der Waals surface area contributed by atoms with Crippen LogP contribution < -0.4 is 9.46 Å². The molecule has 1 saturated heterocycles. The summed E-state index contributed by atoms with van der Waals surface area (Å²) in [4.78, 5) is 7.82. The molecule has 1 atom stereocenters. The fourth-order valence-electron chi connectivity index (χ4n) is 4.18. The molecule has 34 heavy (non-hydrogen) atoms. The van der Waals surface area contributed by atoms with Crippen LogP contribution in [-0.2, 0) is 27.4 Å². The van der Waals surface area contributed by atoms with Crippen LogP contribution in [0, 0.1) is 0 Å². The second kappa shape index (κ2) is 8.55. The van der Waals surface area contributed by atoms with Crippen molar-refractivity contribution in [1.82, 2.24) is 9.97 Å². The van der Waals surface area contributed by atoms with Gasteiger partial charge in [0, 0.05) is 23.9 Å². The van der Waals surface area contributed by atoms with E-state index in [1.54, 1.807) is 18.2 Å². The van der Waals surface area contributed by atoms with Crippen molar-refractivity contribution in [1.29, 1.82) is 0 Å². The highest BCUT2D eigenvalue weighted by molar-refractivity contribution is 7.92. The number of benzene rings is 2. The van der Waals surface area contributed by atoms with Gasteiger partial charge in [0.15, 0.2) is 0 Å². The van der Waals surface area contributed by atoms with Gasteiger partial charge in [0.1, 0.15) is 11.9 Å². The van der Waals surface area contributed by atoms with Crippen LogP contribution in [-0.4, -0.2) is 37.7 Å². The Hall–Kier alpha value is -3.18. The molecule has 1 N–H and O–H groups in total. The number of sulfonamides is 1. The molecule has 1 fully saturated rings. The molecular weight excluding hydrogens is 471 g/mol. The van der Waals surface area contributed by atoms with E-state index in [1.165, 1.54) is 24.5 Å². The van der Waals surface area contributed by atoms with Gasteiger partial charge in [-0.2, -0.15) is 13.2 Å². The highest BCUT2D eigenvalue weighted by Crippen LogP contribution is 2.44. The van der Waals surface area contributed by atoms with Crippen LogP contribution in [0.4, 0.5) is 19.1 Å². The van der Waals surface area contributed by atoms with Crippen LogP contribution in [0.1, 0.15) is 34.6 Å². The number of nitrogens with zero attached hydrogens (tertiary/aromatic N) is 2. The number of hydrogen-bond acceptors (Lipinski definition) is 6. The van der Waals surface area contributed by atoms with E-state index in [0.29, 0.717) is 31.6 Å². The van der Waals surface area contributed by atoms with Gasteiger partial charge in [-0.15, -0.1) is 0 Å². The Morgan fingerprint density at radius 3 is 2.44 bits per heavy atom. The van der Waals surface area contributed by atoms with Crippen LogP contribution in [0.3, 0.4) is 0 Å². The lowest BCUT2D eigenvalue weighted by Gasteiger charge is -2.29. The van der Waals surface area contributed by atoms with Crippen LogP contribution in [0.25, 0.3) is 0 Å². The zero-order chi connectivity index (χ0) is 23.9. The van der Waals surface area contributed by atoms with E-state index in [-0.39, 0.29) is 28.6 Å². The average molecular weight is 491 g/mol. The lowest BCUT2D eigenvalue weighted by Crippen LogP contribution is -2.38. The molecule has 0 bridgehead atoms. The Morgan fingerprint density at radius 2 is 1.76 bits per heavy atom. The van der Waals surface area contributed by atoms with E-state index in [1.807, 2.05) is 0 Å². The number of fused-ring (bicyclic) bond motifs is 1. The number of ether oxygens (including phenoxy) is 2. The smallest absolute Gasteiger partial charge is 0.416 e. The number of alkyl halides is 3. The van der Waals surface area contributed by atoms with E-state index in [9.17, 15) is 21.6 Å². The molecule has 1 aromatic heterocycles. The van der Waals surface area contributed by atoms with Crippen LogP contribution in [0.5, 0.6) is 5.75 Å². The largest absolute Gasteiger partial charge is 0.485 e. The van der Waals surface area contributed by atoms with E-state index >= 15 is 0 Å². The third kappa shape index (κ3) is 4.45. The minimum Gasteiger partial charge on any atom is -0.485 e. The van der Waals surface area contributed by atoms with Gasteiger partial charge in [-0.05, 0) is 54.3 Å². The molecule has 2 heterocycles. The fourth-order valence-corrected chi connectivity index (χ4v) is 5.19. The maximum atomic E-state index is 13.3. The molecule has 7 nitrogen and oxygen atoms in total. The molecule has 0 amide bonds. The van der Waals surface area contributed by atoms with E-state index in [2.05, 4.69) is 14.7 Å². The number of hydrogen-bond donors (Lipinski definition) is 1. The summed E-state index contributed by atoms with van der Waals surface area (Å²) in [6, 6.07) is 9.90. The first kappa shape index (κ1) is 22.6. The normalized spacial score (nSPS) is 18.3. The number of rotatable bonds is 6. The molecule has 0 radical (unpaired) electrons. The van der Waals surface area contributed by atoms with Crippen LogP contribution in [0.15, 0.2) is 59.8 Å². The van der Waals surface area contributed by atoms with Gasteiger partial charge in [0.25, 0.3) is 10.0 Å². The summed E-state index contributed by atoms with van der Waals surface area (Å²) >= 11 is 0. The summed E-state index contributed by atoms with van der Waals surface area (Å²) in [7, 11) is -3.90. The lowest BCUT2D eigenvalue weighted by molar-refractivity contribution is -0.138. The molecule has 5 rings (SSSR count). The molecule has 1 unspecified atom stereocenters. The van der Waals surface area contributed by atoms with Crippen molar-refractivity contribution < 1.29 is 31.1 Å². The number of aryl methyl sites for hydroxylation is 1. The molecule has 11 heteroatoms. The van der Waals surface area contributed by atoms with Crippen LogP contribution in [0.2, 0.25) is 0 Å². The summed E-state index contributed by atoms with van der Waals surface area (Å²) in [6.07, 6.45) is -0.717. The van der Waals surface area contributed by atoms with E-state index in [4.69, 9.17) is 9.47 Å².